The molecule has 0 saturated carbocycles. The van der Waals surface area contributed by atoms with Crippen molar-refractivity contribution in [2.75, 3.05) is 26.2 Å². The highest BCUT2D eigenvalue weighted by atomic mass is 16.5. The van der Waals surface area contributed by atoms with E-state index < -0.39 is 0 Å². The molecule has 0 unspecified atom stereocenters. The van der Waals surface area contributed by atoms with E-state index in [4.69, 9.17) is 9.15 Å². The highest BCUT2D eigenvalue weighted by Crippen LogP contribution is 2.18. The second-order valence-corrected chi connectivity index (χ2v) is 6.50. The van der Waals surface area contributed by atoms with Crippen LogP contribution in [0.2, 0.25) is 0 Å². The number of para-hydroxylation sites is 2. The minimum Gasteiger partial charge on any atom is -0.494 e. The van der Waals surface area contributed by atoms with Crippen molar-refractivity contribution < 1.29 is 9.15 Å². The number of ether oxygens (including phenoxy) is 1. The molecule has 0 amide bonds. The number of unbranched alkanes of at least 4 members (excludes halogenated alkanes) is 1. The first kappa shape index (κ1) is 19.2. The number of aromatic nitrogens is 1. The van der Waals surface area contributed by atoms with Gasteiger partial charge in [-0.2, -0.15) is 0 Å². The monoisotopic (exact) mass is 364 g/mol. The molecular weight excluding hydrogens is 336 g/mol. The number of rotatable bonds is 10. The van der Waals surface area contributed by atoms with Crippen LogP contribution in [0, 0.1) is 0 Å². The molecule has 0 aliphatic heterocycles. The van der Waals surface area contributed by atoms with Gasteiger partial charge in [-0.1, -0.05) is 38.1 Å². The van der Waals surface area contributed by atoms with Gasteiger partial charge in [0, 0.05) is 6.08 Å². The van der Waals surface area contributed by atoms with Gasteiger partial charge in [0.05, 0.1) is 6.61 Å². The number of benzene rings is 2. The summed E-state index contributed by atoms with van der Waals surface area (Å²) in [5.41, 5.74) is 2.77. The molecule has 0 bridgehead atoms. The average molecular weight is 364 g/mol. The van der Waals surface area contributed by atoms with Crippen molar-refractivity contribution in [3.05, 3.63) is 60.0 Å². The Morgan fingerprint density at radius 1 is 0.963 bits per heavy atom. The van der Waals surface area contributed by atoms with E-state index in [2.05, 4.69) is 23.7 Å². The molecule has 3 rings (SSSR count). The lowest BCUT2D eigenvalue weighted by molar-refractivity contribution is 0.266. The molecule has 27 heavy (non-hydrogen) atoms. The van der Waals surface area contributed by atoms with Crippen molar-refractivity contribution in [2.45, 2.75) is 26.7 Å². The molecule has 4 heteroatoms. The van der Waals surface area contributed by atoms with Crippen molar-refractivity contribution in [3.8, 4) is 5.75 Å². The van der Waals surface area contributed by atoms with Crippen molar-refractivity contribution >= 4 is 23.3 Å². The molecule has 142 valence electrons. The molecule has 4 nitrogen and oxygen atoms in total. The van der Waals surface area contributed by atoms with Crippen LogP contribution in [0.4, 0.5) is 0 Å². The van der Waals surface area contributed by atoms with Gasteiger partial charge in [-0.05, 0) is 68.4 Å². The molecule has 0 aliphatic carbocycles. The van der Waals surface area contributed by atoms with Crippen LogP contribution in [0.3, 0.4) is 0 Å². The molecule has 2 aromatic carbocycles. The summed E-state index contributed by atoms with van der Waals surface area (Å²) in [7, 11) is 0. The van der Waals surface area contributed by atoms with Crippen LogP contribution in [-0.4, -0.2) is 36.1 Å². The summed E-state index contributed by atoms with van der Waals surface area (Å²) in [5, 5.41) is 0. The Morgan fingerprint density at radius 3 is 2.48 bits per heavy atom. The maximum atomic E-state index is 5.84. The summed E-state index contributed by atoms with van der Waals surface area (Å²) < 4.78 is 11.5. The topological polar surface area (TPSA) is 38.5 Å². The van der Waals surface area contributed by atoms with E-state index in [0.717, 1.165) is 55.1 Å². The van der Waals surface area contributed by atoms with Gasteiger partial charge in [0.25, 0.3) is 0 Å². The van der Waals surface area contributed by atoms with E-state index in [9.17, 15) is 0 Å². The van der Waals surface area contributed by atoms with Gasteiger partial charge in [0.2, 0.25) is 5.89 Å². The minimum absolute atomic E-state index is 0.615. The lowest BCUT2D eigenvalue weighted by Gasteiger charge is -2.17. The lowest BCUT2D eigenvalue weighted by atomic mass is 10.2. The van der Waals surface area contributed by atoms with E-state index in [-0.39, 0.29) is 0 Å². The summed E-state index contributed by atoms with van der Waals surface area (Å²) in [6.07, 6.45) is 6.14. The summed E-state index contributed by atoms with van der Waals surface area (Å²) in [4.78, 5) is 6.89. The fourth-order valence-electron chi connectivity index (χ4n) is 2.97. The smallest absolute Gasteiger partial charge is 0.220 e. The highest BCUT2D eigenvalue weighted by molar-refractivity contribution is 5.75. The SMILES string of the molecule is CCN(CC)CCCCOc1ccc(C=Cc2nc3ccccc3o2)cc1. The molecular formula is C23H28N2O2. The van der Waals surface area contributed by atoms with Crippen molar-refractivity contribution in [2.24, 2.45) is 0 Å². The van der Waals surface area contributed by atoms with Gasteiger partial charge >= 0.3 is 0 Å². The number of hydrogen-bond acceptors (Lipinski definition) is 4. The first-order chi connectivity index (χ1) is 13.3. The molecule has 1 heterocycles. The third-order valence-corrected chi connectivity index (χ3v) is 4.64. The van der Waals surface area contributed by atoms with Crippen molar-refractivity contribution in [3.63, 3.8) is 0 Å². The van der Waals surface area contributed by atoms with Crippen molar-refractivity contribution in [1.82, 2.24) is 9.88 Å². The van der Waals surface area contributed by atoms with Crippen LogP contribution in [0.1, 0.15) is 38.1 Å². The summed E-state index contributed by atoms with van der Waals surface area (Å²) >= 11 is 0. The second kappa shape index (κ2) is 9.93. The van der Waals surface area contributed by atoms with Crippen LogP contribution in [0.15, 0.2) is 52.9 Å². The average Bonchev–Trinajstić information content (AvgIpc) is 3.13. The van der Waals surface area contributed by atoms with Gasteiger partial charge in [0.1, 0.15) is 11.3 Å². The summed E-state index contributed by atoms with van der Waals surface area (Å²) in [5.74, 6) is 1.53. The van der Waals surface area contributed by atoms with Crippen LogP contribution >= 0.6 is 0 Å². The Kier molecular flexibility index (Phi) is 7.05. The van der Waals surface area contributed by atoms with Crippen LogP contribution in [-0.2, 0) is 0 Å². The lowest BCUT2D eigenvalue weighted by Crippen LogP contribution is -2.24. The predicted molar refractivity (Wildman–Crippen MR) is 112 cm³/mol. The van der Waals surface area contributed by atoms with Gasteiger partial charge in [-0.15, -0.1) is 0 Å². The van der Waals surface area contributed by atoms with Crippen LogP contribution in [0.25, 0.3) is 23.3 Å². The Hall–Kier alpha value is -2.59. The quantitative estimate of drug-likeness (QED) is 0.445. The zero-order valence-corrected chi connectivity index (χ0v) is 16.2. The van der Waals surface area contributed by atoms with Crippen molar-refractivity contribution in [1.29, 1.82) is 0 Å². The first-order valence-corrected chi connectivity index (χ1v) is 9.77. The number of fused-ring (bicyclic) bond motifs is 1. The number of oxazole rings is 1. The zero-order valence-electron chi connectivity index (χ0n) is 16.2. The molecule has 0 atom stereocenters. The van der Waals surface area contributed by atoms with Gasteiger partial charge in [-0.3, -0.25) is 0 Å². The van der Waals surface area contributed by atoms with Gasteiger partial charge < -0.3 is 14.1 Å². The van der Waals surface area contributed by atoms with E-state index in [0.29, 0.717) is 5.89 Å². The summed E-state index contributed by atoms with van der Waals surface area (Å²) in [6.45, 7) is 8.57. The molecule has 0 N–H and O–H groups in total. The first-order valence-electron chi connectivity index (χ1n) is 9.77. The van der Waals surface area contributed by atoms with E-state index in [1.165, 1.54) is 6.42 Å². The summed E-state index contributed by atoms with van der Waals surface area (Å²) in [6, 6.07) is 15.9. The fraction of sp³-hybridized carbons (Fsp3) is 0.348. The molecule has 0 spiro atoms. The van der Waals surface area contributed by atoms with Crippen LogP contribution < -0.4 is 4.74 Å². The largest absolute Gasteiger partial charge is 0.494 e. The second-order valence-electron chi connectivity index (χ2n) is 6.50. The number of hydrogen-bond donors (Lipinski definition) is 0. The zero-order chi connectivity index (χ0) is 18.9. The molecule has 0 aliphatic rings. The molecule has 0 fully saturated rings. The van der Waals surface area contributed by atoms with Crippen LogP contribution in [0.5, 0.6) is 5.75 Å². The third kappa shape index (κ3) is 5.69. The standard InChI is InChI=1S/C23H28N2O2/c1-3-25(4-2)17-7-8-18-26-20-14-11-19(12-15-20)13-16-23-24-21-9-5-6-10-22(21)27-23/h5-6,9-16H,3-4,7-8,17-18H2,1-2H3. The molecule has 0 saturated heterocycles. The maximum Gasteiger partial charge on any atom is 0.220 e. The maximum absolute atomic E-state index is 5.84. The highest BCUT2D eigenvalue weighted by Gasteiger charge is 2.01. The Bertz CT molecular complexity index is 815. The Morgan fingerprint density at radius 2 is 1.74 bits per heavy atom. The minimum atomic E-state index is 0.615. The third-order valence-electron chi connectivity index (χ3n) is 4.64. The number of nitrogens with zero attached hydrogens (tertiary/aromatic N) is 2. The Labute approximate surface area is 161 Å². The Balaban J connectivity index is 1.45. The molecule has 3 aromatic rings. The fourth-order valence-corrected chi connectivity index (χ4v) is 2.97. The normalized spacial score (nSPS) is 11.7. The van der Waals surface area contributed by atoms with E-state index in [1.54, 1.807) is 0 Å². The molecule has 0 radical (unpaired) electrons. The van der Waals surface area contributed by atoms with Gasteiger partial charge in [0.15, 0.2) is 5.58 Å². The van der Waals surface area contributed by atoms with E-state index >= 15 is 0 Å². The van der Waals surface area contributed by atoms with E-state index in [1.807, 2.05) is 60.7 Å². The van der Waals surface area contributed by atoms with Gasteiger partial charge in [-0.25, -0.2) is 4.98 Å². The molecule has 1 aromatic heterocycles. The predicted octanol–water partition coefficient (Wildman–Crippen LogP) is 5.50.